The molecule has 1 saturated heterocycles. The molecule has 2 aromatic rings. The average molecular weight is 541 g/mol. The third kappa shape index (κ3) is 7.13. The molecule has 1 spiro atoms. The minimum Gasteiger partial charge on any atom is -0.435 e. The highest BCUT2D eigenvalue weighted by Gasteiger charge is 2.45. The van der Waals surface area contributed by atoms with Crippen molar-refractivity contribution in [2.24, 2.45) is 0 Å². The number of amides is 2. The van der Waals surface area contributed by atoms with Crippen molar-refractivity contribution in [1.29, 1.82) is 0 Å². The second-order valence-electron chi connectivity index (χ2n) is 9.56. The number of halogens is 4. The van der Waals surface area contributed by atoms with Crippen molar-refractivity contribution >= 4 is 11.8 Å². The van der Waals surface area contributed by atoms with Crippen molar-refractivity contribution in [3.05, 3.63) is 59.7 Å². The molecule has 2 aromatic carbocycles. The molecule has 4 rings (SSSR count). The van der Waals surface area contributed by atoms with Crippen LogP contribution in [-0.4, -0.2) is 55.6 Å². The topological polar surface area (TPSA) is 95.1 Å². The number of hydrogen-bond acceptors (Lipinski definition) is 6. The Morgan fingerprint density at radius 3 is 1.71 bits per heavy atom. The van der Waals surface area contributed by atoms with E-state index in [0.29, 0.717) is 31.2 Å². The lowest BCUT2D eigenvalue weighted by Gasteiger charge is -2.47. The Balaban J connectivity index is 1.23. The van der Waals surface area contributed by atoms with Gasteiger partial charge in [0.15, 0.2) is 5.79 Å². The van der Waals surface area contributed by atoms with E-state index in [0.717, 1.165) is 0 Å². The van der Waals surface area contributed by atoms with Gasteiger partial charge in [-0.05, 0) is 68.3 Å². The van der Waals surface area contributed by atoms with Crippen LogP contribution < -0.4 is 20.1 Å². The average Bonchev–Trinajstić information content (AvgIpc) is 2.87. The van der Waals surface area contributed by atoms with Gasteiger partial charge in [0.2, 0.25) is 0 Å². The van der Waals surface area contributed by atoms with Crippen LogP contribution >= 0.6 is 0 Å². The molecule has 2 aliphatic rings. The van der Waals surface area contributed by atoms with Gasteiger partial charge in [-0.3, -0.25) is 9.59 Å². The Morgan fingerprint density at radius 1 is 0.816 bits per heavy atom. The van der Waals surface area contributed by atoms with Crippen LogP contribution in [0.2, 0.25) is 0 Å². The number of ether oxygens (including phenoxy) is 4. The monoisotopic (exact) mass is 540 g/mol. The fraction of sp³-hybridized carbons (Fsp3) is 0.462. The second kappa shape index (κ2) is 11.6. The van der Waals surface area contributed by atoms with E-state index in [4.69, 9.17) is 9.47 Å². The highest BCUT2D eigenvalue weighted by atomic mass is 19.3. The summed E-state index contributed by atoms with van der Waals surface area (Å²) in [5.74, 6) is -1.60. The van der Waals surface area contributed by atoms with E-state index in [1.54, 1.807) is 6.92 Å². The lowest BCUT2D eigenvalue weighted by atomic mass is 9.88. The third-order valence-electron chi connectivity index (χ3n) is 6.49. The molecular weight excluding hydrogens is 512 g/mol. The van der Waals surface area contributed by atoms with Crippen LogP contribution in [0.3, 0.4) is 0 Å². The molecule has 1 aliphatic heterocycles. The van der Waals surface area contributed by atoms with Gasteiger partial charge in [0.1, 0.15) is 11.5 Å². The highest BCUT2D eigenvalue weighted by molar-refractivity contribution is 5.95. The maximum absolute atomic E-state index is 12.7. The van der Waals surface area contributed by atoms with Crippen LogP contribution in [0, 0.1) is 0 Å². The van der Waals surface area contributed by atoms with Gasteiger partial charge in [-0.1, -0.05) is 0 Å². The number of nitrogens with one attached hydrogen (secondary N) is 2. The molecule has 206 valence electrons. The third-order valence-corrected chi connectivity index (χ3v) is 6.49. The zero-order chi connectivity index (χ0) is 27.3. The number of carbonyl (C=O) groups is 2. The first-order valence-corrected chi connectivity index (χ1v) is 12.1. The summed E-state index contributed by atoms with van der Waals surface area (Å²) in [6.45, 7) is -3.68. The summed E-state index contributed by atoms with van der Waals surface area (Å²) in [5.41, 5.74) is -0.188. The molecule has 38 heavy (non-hydrogen) atoms. The smallest absolute Gasteiger partial charge is 0.387 e. The summed E-state index contributed by atoms with van der Waals surface area (Å²) in [7, 11) is 0. The Bertz CT molecular complexity index is 1100. The van der Waals surface area contributed by atoms with E-state index in [-0.39, 0.29) is 42.2 Å². The summed E-state index contributed by atoms with van der Waals surface area (Å²) < 4.78 is 69.9. The minimum atomic E-state index is -2.95. The molecule has 2 amide bonds. The van der Waals surface area contributed by atoms with E-state index in [9.17, 15) is 27.2 Å². The first-order valence-electron chi connectivity index (χ1n) is 12.1. The lowest BCUT2D eigenvalue weighted by molar-refractivity contribution is -0.300. The quantitative estimate of drug-likeness (QED) is 0.479. The standard InChI is InChI=1S/C26H28F4N2O6/c1-25(32-22(34)17-4-8-20(9-5-17)38-24(29)30)14-35-26(36-15-25)12-10-18(11-13-26)31-21(33)16-2-6-19(7-3-16)37-23(27)28/h2-9,18,23-24H,10-15H2,1H3,(H,31,33)(H,32,34). The number of benzene rings is 2. The van der Waals surface area contributed by atoms with Gasteiger partial charge in [0, 0.05) is 30.0 Å². The van der Waals surface area contributed by atoms with Crippen LogP contribution in [0.25, 0.3) is 0 Å². The van der Waals surface area contributed by atoms with Gasteiger partial charge in [-0.25, -0.2) is 0 Å². The molecule has 2 N–H and O–H groups in total. The summed E-state index contributed by atoms with van der Waals surface area (Å²) in [4.78, 5) is 25.2. The lowest BCUT2D eigenvalue weighted by Crippen LogP contribution is -2.61. The molecule has 2 fully saturated rings. The first-order chi connectivity index (χ1) is 18.0. The predicted molar refractivity (Wildman–Crippen MR) is 126 cm³/mol. The van der Waals surface area contributed by atoms with Crippen molar-refractivity contribution in [2.45, 2.75) is 63.2 Å². The predicted octanol–water partition coefficient (Wildman–Crippen LogP) is 4.49. The molecule has 0 aromatic heterocycles. The minimum absolute atomic E-state index is 0.0247. The summed E-state index contributed by atoms with van der Waals surface area (Å²) >= 11 is 0. The normalized spacial score (nSPS) is 25.3. The van der Waals surface area contributed by atoms with Crippen molar-refractivity contribution in [2.75, 3.05) is 13.2 Å². The molecule has 0 atom stereocenters. The van der Waals surface area contributed by atoms with E-state index in [2.05, 4.69) is 20.1 Å². The molecular formula is C26H28F4N2O6. The Morgan fingerprint density at radius 2 is 1.26 bits per heavy atom. The highest BCUT2D eigenvalue weighted by Crippen LogP contribution is 2.37. The molecule has 0 unspecified atom stereocenters. The van der Waals surface area contributed by atoms with Crippen molar-refractivity contribution in [3.63, 3.8) is 0 Å². The van der Waals surface area contributed by atoms with Crippen molar-refractivity contribution < 1.29 is 46.1 Å². The molecule has 12 heteroatoms. The molecule has 0 radical (unpaired) electrons. The molecule has 8 nitrogen and oxygen atoms in total. The van der Waals surface area contributed by atoms with Gasteiger partial charge in [0.25, 0.3) is 11.8 Å². The van der Waals surface area contributed by atoms with Crippen LogP contribution in [0.4, 0.5) is 17.6 Å². The number of hydrogen-bond donors (Lipinski definition) is 2. The van der Waals surface area contributed by atoms with E-state index in [1.165, 1.54) is 48.5 Å². The van der Waals surface area contributed by atoms with Gasteiger partial charge < -0.3 is 29.6 Å². The Hall–Kier alpha value is -3.38. The zero-order valence-corrected chi connectivity index (χ0v) is 20.6. The van der Waals surface area contributed by atoms with Gasteiger partial charge in [-0.2, -0.15) is 17.6 Å². The fourth-order valence-electron chi connectivity index (χ4n) is 4.42. The summed E-state index contributed by atoms with van der Waals surface area (Å²) in [6, 6.07) is 10.7. The molecule has 1 heterocycles. The van der Waals surface area contributed by atoms with Crippen molar-refractivity contribution in [3.8, 4) is 11.5 Å². The Labute approximate surface area is 216 Å². The van der Waals surface area contributed by atoms with Gasteiger partial charge in [0.05, 0.1) is 18.8 Å². The van der Waals surface area contributed by atoms with Crippen LogP contribution in [0.1, 0.15) is 53.3 Å². The SMILES string of the molecule is CC1(NC(=O)c2ccc(OC(F)F)cc2)COC2(CCC(NC(=O)c3ccc(OC(F)F)cc3)CC2)OC1. The van der Waals surface area contributed by atoms with E-state index >= 15 is 0 Å². The first kappa shape index (κ1) is 27.6. The fourth-order valence-corrected chi connectivity index (χ4v) is 4.42. The van der Waals surface area contributed by atoms with Crippen molar-refractivity contribution in [1.82, 2.24) is 10.6 Å². The number of alkyl halides is 4. The van der Waals surface area contributed by atoms with Gasteiger partial charge in [-0.15, -0.1) is 0 Å². The van der Waals surface area contributed by atoms with Crippen LogP contribution in [0.5, 0.6) is 11.5 Å². The molecule has 0 bridgehead atoms. The molecule has 1 aliphatic carbocycles. The largest absolute Gasteiger partial charge is 0.435 e. The molecule has 1 saturated carbocycles. The van der Waals surface area contributed by atoms with E-state index in [1.807, 2.05) is 0 Å². The number of carbonyl (C=O) groups excluding carboxylic acids is 2. The van der Waals surface area contributed by atoms with Crippen LogP contribution in [-0.2, 0) is 9.47 Å². The summed E-state index contributed by atoms with van der Waals surface area (Å²) in [5, 5.41) is 5.82. The second-order valence-corrected chi connectivity index (χ2v) is 9.56. The van der Waals surface area contributed by atoms with Crippen LogP contribution in [0.15, 0.2) is 48.5 Å². The zero-order valence-electron chi connectivity index (χ0n) is 20.6. The summed E-state index contributed by atoms with van der Waals surface area (Å²) in [6.07, 6.45) is 2.28. The van der Waals surface area contributed by atoms with E-state index < -0.39 is 30.5 Å². The number of rotatable bonds is 8. The maximum Gasteiger partial charge on any atom is 0.387 e. The Kier molecular flexibility index (Phi) is 8.41. The maximum atomic E-state index is 12.7. The van der Waals surface area contributed by atoms with Gasteiger partial charge >= 0.3 is 13.2 Å².